The first kappa shape index (κ1) is 17.8. The van der Waals surface area contributed by atoms with Crippen molar-refractivity contribution in [3.8, 4) is 0 Å². The molecule has 1 heterocycles. The van der Waals surface area contributed by atoms with E-state index < -0.39 is 0 Å². The van der Waals surface area contributed by atoms with Crippen LogP contribution in [0, 0.1) is 0 Å². The van der Waals surface area contributed by atoms with E-state index in [1.165, 1.54) is 6.92 Å². The molecule has 1 fully saturated rings. The fourth-order valence-corrected chi connectivity index (χ4v) is 3.30. The molecule has 0 spiro atoms. The van der Waals surface area contributed by atoms with Gasteiger partial charge in [0.2, 0.25) is 5.91 Å². The van der Waals surface area contributed by atoms with Gasteiger partial charge in [-0.05, 0) is 37.7 Å². The summed E-state index contributed by atoms with van der Waals surface area (Å²) in [6, 6.07) is 5.41. The normalized spacial score (nSPS) is 17.6. The van der Waals surface area contributed by atoms with Crippen LogP contribution in [0.15, 0.2) is 18.2 Å². The summed E-state index contributed by atoms with van der Waals surface area (Å²) in [7, 11) is 0. The number of halogens is 1. The highest BCUT2D eigenvalue weighted by molar-refractivity contribution is 6.34. The monoisotopic (exact) mass is 337 g/mol. The molecular weight excluding hydrogens is 314 g/mol. The Hall–Kier alpha value is -1.59. The molecule has 0 saturated carbocycles. The van der Waals surface area contributed by atoms with Gasteiger partial charge in [-0.3, -0.25) is 14.5 Å². The van der Waals surface area contributed by atoms with Gasteiger partial charge in [-0.1, -0.05) is 25.4 Å². The Kier molecular flexibility index (Phi) is 6.02. The highest BCUT2D eigenvalue weighted by Gasteiger charge is 2.30. The van der Waals surface area contributed by atoms with Crippen molar-refractivity contribution in [2.75, 3.05) is 31.5 Å². The zero-order chi connectivity index (χ0) is 17.0. The number of carbonyl (C=O) groups is 2. The minimum absolute atomic E-state index is 0.0724. The van der Waals surface area contributed by atoms with Crippen LogP contribution in [-0.2, 0) is 4.79 Å². The molecule has 1 aliphatic heterocycles. The summed E-state index contributed by atoms with van der Waals surface area (Å²) >= 11 is 6.19. The quantitative estimate of drug-likeness (QED) is 0.898. The van der Waals surface area contributed by atoms with Gasteiger partial charge < -0.3 is 10.2 Å². The Bertz CT molecular complexity index is 587. The number of carbonyl (C=O) groups excluding carboxylic acids is 2. The van der Waals surface area contributed by atoms with Crippen molar-refractivity contribution >= 4 is 29.1 Å². The Balaban J connectivity index is 2.13. The van der Waals surface area contributed by atoms with Crippen LogP contribution in [0.4, 0.5) is 5.69 Å². The molecule has 1 atom stereocenters. The Labute approximate surface area is 142 Å². The number of hydrogen-bond acceptors (Lipinski definition) is 3. The summed E-state index contributed by atoms with van der Waals surface area (Å²) in [5.74, 6) is -0.245. The molecule has 6 heteroatoms. The highest BCUT2D eigenvalue weighted by atomic mass is 35.5. The van der Waals surface area contributed by atoms with Crippen LogP contribution in [0.3, 0.4) is 0 Å². The van der Waals surface area contributed by atoms with E-state index in [0.717, 1.165) is 32.6 Å². The third-order valence-electron chi connectivity index (χ3n) is 4.30. The molecule has 1 saturated heterocycles. The number of hydrogen-bond donors (Lipinski definition) is 1. The molecule has 0 aliphatic carbocycles. The maximum Gasteiger partial charge on any atom is 0.255 e. The molecule has 0 bridgehead atoms. The van der Waals surface area contributed by atoms with Crippen LogP contribution >= 0.6 is 11.6 Å². The lowest BCUT2D eigenvalue weighted by molar-refractivity contribution is -0.114. The predicted octanol–water partition coefficient (Wildman–Crippen LogP) is 2.85. The molecular formula is C17H24ClN3O2. The maximum absolute atomic E-state index is 12.8. The number of rotatable bonds is 5. The summed E-state index contributed by atoms with van der Waals surface area (Å²) in [5.41, 5.74) is 1.03. The van der Waals surface area contributed by atoms with Gasteiger partial charge in [0.25, 0.3) is 5.91 Å². The molecule has 2 amide bonds. The van der Waals surface area contributed by atoms with Gasteiger partial charge >= 0.3 is 0 Å². The second-order valence-corrected chi connectivity index (χ2v) is 6.20. The Morgan fingerprint density at radius 3 is 2.65 bits per heavy atom. The highest BCUT2D eigenvalue weighted by Crippen LogP contribution is 2.25. The number of nitrogens with zero attached hydrogens (tertiary/aromatic N) is 2. The largest absolute Gasteiger partial charge is 0.337 e. The van der Waals surface area contributed by atoms with Gasteiger partial charge in [-0.2, -0.15) is 0 Å². The number of benzene rings is 1. The van der Waals surface area contributed by atoms with Gasteiger partial charge in [0.05, 0.1) is 10.6 Å². The minimum atomic E-state index is -0.173. The number of nitrogens with one attached hydrogen (secondary N) is 1. The van der Waals surface area contributed by atoms with E-state index in [2.05, 4.69) is 24.1 Å². The zero-order valence-corrected chi connectivity index (χ0v) is 14.7. The van der Waals surface area contributed by atoms with Crippen LogP contribution < -0.4 is 5.32 Å². The third-order valence-corrected chi connectivity index (χ3v) is 4.63. The molecule has 0 aromatic heterocycles. The first-order valence-electron chi connectivity index (χ1n) is 8.06. The SMILES string of the molecule is CCN(CC)[C@H]1CCN(C(=O)c2cc(NC(C)=O)ccc2Cl)C1. The fourth-order valence-electron chi connectivity index (χ4n) is 3.10. The third kappa shape index (κ3) is 4.24. The number of likely N-dealkylation sites (tertiary alicyclic amines) is 1. The smallest absolute Gasteiger partial charge is 0.255 e. The van der Waals surface area contributed by atoms with Gasteiger partial charge in [0, 0.05) is 31.7 Å². The van der Waals surface area contributed by atoms with Crippen LogP contribution in [0.5, 0.6) is 0 Å². The molecule has 1 N–H and O–H groups in total. The standard InChI is InChI=1S/C17H24ClN3O2/c1-4-20(5-2)14-8-9-21(11-14)17(23)15-10-13(19-12(3)22)6-7-16(15)18/h6-7,10,14H,4-5,8-9,11H2,1-3H3,(H,19,22)/t14-/m0/s1. The van der Waals surface area contributed by atoms with Crippen molar-refractivity contribution in [3.05, 3.63) is 28.8 Å². The fraction of sp³-hybridized carbons (Fsp3) is 0.529. The van der Waals surface area contributed by atoms with E-state index >= 15 is 0 Å². The van der Waals surface area contributed by atoms with Gasteiger partial charge in [-0.15, -0.1) is 0 Å². The molecule has 1 aliphatic rings. The first-order valence-corrected chi connectivity index (χ1v) is 8.44. The van der Waals surface area contributed by atoms with E-state index in [0.29, 0.717) is 22.3 Å². The lowest BCUT2D eigenvalue weighted by atomic mass is 10.1. The number of anilines is 1. The minimum Gasteiger partial charge on any atom is -0.337 e. The summed E-state index contributed by atoms with van der Waals surface area (Å²) in [6.07, 6.45) is 0.983. The van der Waals surface area contributed by atoms with Gasteiger partial charge in [0.15, 0.2) is 0 Å². The van der Waals surface area contributed by atoms with Crippen molar-refractivity contribution in [2.45, 2.75) is 33.2 Å². The summed E-state index contributed by atoms with van der Waals surface area (Å²) in [5, 5.41) is 3.10. The molecule has 126 valence electrons. The molecule has 2 rings (SSSR count). The molecule has 5 nitrogen and oxygen atoms in total. The summed E-state index contributed by atoms with van der Waals surface area (Å²) in [6.45, 7) is 9.15. The summed E-state index contributed by atoms with van der Waals surface area (Å²) < 4.78 is 0. The van der Waals surface area contributed by atoms with Crippen LogP contribution in [0.1, 0.15) is 37.6 Å². The van der Waals surface area contributed by atoms with Crippen molar-refractivity contribution in [1.29, 1.82) is 0 Å². The predicted molar refractivity (Wildman–Crippen MR) is 93.0 cm³/mol. The van der Waals surface area contributed by atoms with Crippen molar-refractivity contribution in [1.82, 2.24) is 9.80 Å². The van der Waals surface area contributed by atoms with Gasteiger partial charge in [-0.25, -0.2) is 0 Å². The van der Waals surface area contributed by atoms with Gasteiger partial charge in [0.1, 0.15) is 0 Å². The molecule has 1 aromatic rings. The van der Waals surface area contributed by atoms with Crippen LogP contribution in [-0.4, -0.2) is 53.8 Å². The van der Waals surface area contributed by atoms with Crippen LogP contribution in [0.2, 0.25) is 5.02 Å². The number of likely N-dealkylation sites (N-methyl/N-ethyl adjacent to an activating group) is 1. The van der Waals surface area contributed by atoms with E-state index in [1.54, 1.807) is 18.2 Å². The average Bonchev–Trinajstić information content (AvgIpc) is 2.99. The molecule has 23 heavy (non-hydrogen) atoms. The second kappa shape index (κ2) is 7.79. The van der Waals surface area contributed by atoms with E-state index in [1.807, 2.05) is 4.90 Å². The van der Waals surface area contributed by atoms with E-state index in [-0.39, 0.29) is 11.8 Å². The van der Waals surface area contributed by atoms with Crippen LogP contribution in [0.25, 0.3) is 0 Å². The Morgan fingerprint density at radius 2 is 2.04 bits per heavy atom. The van der Waals surface area contributed by atoms with Crippen molar-refractivity contribution in [2.24, 2.45) is 0 Å². The summed E-state index contributed by atoms with van der Waals surface area (Å²) in [4.78, 5) is 28.2. The lowest BCUT2D eigenvalue weighted by Gasteiger charge is -2.26. The van der Waals surface area contributed by atoms with E-state index in [4.69, 9.17) is 11.6 Å². The molecule has 0 unspecified atom stereocenters. The zero-order valence-electron chi connectivity index (χ0n) is 13.9. The second-order valence-electron chi connectivity index (χ2n) is 5.79. The molecule has 1 aromatic carbocycles. The Morgan fingerprint density at radius 1 is 1.35 bits per heavy atom. The number of amides is 2. The molecule has 0 radical (unpaired) electrons. The maximum atomic E-state index is 12.8. The van der Waals surface area contributed by atoms with Crippen molar-refractivity contribution in [3.63, 3.8) is 0 Å². The average molecular weight is 338 g/mol. The van der Waals surface area contributed by atoms with Crippen molar-refractivity contribution < 1.29 is 9.59 Å². The lowest BCUT2D eigenvalue weighted by Crippen LogP contribution is -2.38. The van der Waals surface area contributed by atoms with E-state index in [9.17, 15) is 9.59 Å². The topological polar surface area (TPSA) is 52.6 Å². The first-order chi connectivity index (χ1) is 11.0.